The van der Waals surface area contributed by atoms with Crippen LogP contribution in [0.1, 0.15) is 57.1 Å². The molecule has 2 atom stereocenters. The minimum absolute atomic E-state index is 0. The molecule has 142 valence electrons. The fraction of sp³-hybridized carbons (Fsp3) is 0.650. The highest BCUT2D eigenvalue weighted by atomic mass is 35.5. The molecule has 1 aliphatic heterocycles. The molecule has 1 aromatic rings. The molecule has 2 N–H and O–H groups in total. The Hall–Kier alpha value is -1.26. The highest BCUT2D eigenvalue weighted by Crippen LogP contribution is 2.25. The van der Waals surface area contributed by atoms with Crippen LogP contribution in [0.25, 0.3) is 0 Å². The van der Waals surface area contributed by atoms with Crippen LogP contribution < -0.4 is 15.4 Å². The average molecular weight is 369 g/mol. The second kappa shape index (κ2) is 10.7. The van der Waals surface area contributed by atoms with Gasteiger partial charge in [-0.15, -0.1) is 12.4 Å². The highest BCUT2D eigenvalue weighted by Gasteiger charge is 2.17. The van der Waals surface area contributed by atoms with Crippen molar-refractivity contribution in [2.24, 2.45) is 5.92 Å². The lowest BCUT2D eigenvalue weighted by Crippen LogP contribution is -2.38. The van der Waals surface area contributed by atoms with Gasteiger partial charge in [0.25, 0.3) is 5.91 Å². The Morgan fingerprint density at radius 2 is 2.12 bits per heavy atom. The Kier molecular flexibility index (Phi) is 9.30. The molecule has 25 heavy (non-hydrogen) atoms. The fourth-order valence-corrected chi connectivity index (χ4v) is 3.06. The largest absolute Gasteiger partial charge is 0.481 e. The third kappa shape index (κ3) is 6.87. The van der Waals surface area contributed by atoms with Crippen LogP contribution in [-0.4, -0.2) is 31.6 Å². The van der Waals surface area contributed by atoms with E-state index >= 15 is 0 Å². The van der Waals surface area contributed by atoms with Gasteiger partial charge < -0.3 is 15.4 Å². The van der Waals surface area contributed by atoms with E-state index in [0.717, 1.165) is 37.4 Å². The summed E-state index contributed by atoms with van der Waals surface area (Å²) in [5.41, 5.74) is 2.29. The number of ether oxygens (including phenoxy) is 1. The summed E-state index contributed by atoms with van der Waals surface area (Å²) in [6, 6.07) is 6.23. The number of nitrogens with one attached hydrogen (secondary N) is 2. The molecule has 0 aromatic heterocycles. The van der Waals surface area contributed by atoms with Crippen molar-refractivity contribution in [1.82, 2.24) is 10.6 Å². The van der Waals surface area contributed by atoms with E-state index in [9.17, 15) is 4.79 Å². The molecule has 4 nitrogen and oxygen atoms in total. The lowest BCUT2D eigenvalue weighted by molar-refractivity contribution is -0.127. The molecule has 0 radical (unpaired) electrons. The summed E-state index contributed by atoms with van der Waals surface area (Å²) in [5, 5.41) is 6.43. The molecule has 1 saturated heterocycles. The quantitative estimate of drug-likeness (QED) is 0.769. The van der Waals surface area contributed by atoms with Crippen LogP contribution in [-0.2, 0) is 4.79 Å². The van der Waals surface area contributed by atoms with Gasteiger partial charge in [0.15, 0.2) is 6.10 Å². The first kappa shape index (κ1) is 21.8. The van der Waals surface area contributed by atoms with Crippen LogP contribution in [0.3, 0.4) is 0 Å². The summed E-state index contributed by atoms with van der Waals surface area (Å²) in [7, 11) is 0. The number of aryl methyl sites for hydroxylation is 1. The lowest BCUT2D eigenvalue weighted by Gasteiger charge is -2.23. The van der Waals surface area contributed by atoms with E-state index in [2.05, 4.69) is 42.7 Å². The molecule has 5 heteroatoms. The van der Waals surface area contributed by atoms with Gasteiger partial charge >= 0.3 is 0 Å². The summed E-state index contributed by atoms with van der Waals surface area (Å²) in [6.07, 6.45) is 3.06. The molecule has 0 aliphatic carbocycles. The fourth-order valence-electron chi connectivity index (χ4n) is 3.06. The number of hydrogen-bond acceptors (Lipinski definition) is 3. The average Bonchev–Trinajstić information content (AvgIpc) is 2.57. The number of piperidine rings is 1. The summed E-state index contributed by atoms with van der Waals surface area (Å²) >= 11 is 0. The van der Waals surface area contributed by atoms with Gasteiger partial charge in [-0.05, 0) is 75.2 Å². The van der Waals surface area contributed by atoms with Gasteiger partial charge in [0.05, 0.1) is 0 Å². The summed E-state index contributed by atoms with van der Waals surface area (Å²) < 4.78 is 5.92. The minimum atomic E-state index is -0.476. The maximum atomic E-state index is 12.3. The van der Waals surface area contributed by atoms with Crippen LogP contribution >= 0.6 is 12.4 Å². The van der Waals surface area contributed by atoms with Crippen molar-refractivity contribution in [3.8, 4) is 5.75 Å². The zero-order chi connectivity index (χ0) is 17.5. The second-order valence-corrected chi connectivity index (χ2v) is 7.23. The first-order valence-electron chi connectivity index (χ1n) is 9.23. The van der Waals surface area contributed by atoms with Gasteiger partial charge in [-0.3, -0.25) is 4.79 Å². The lowest BCUT2D eigenvalue weighted by atomic mass is 9.96. The maximum absolute atomic E-state index is 12.3. The van der Waals surface area contributed by atoms with Crippen molar-refractivity contribution in [2.45, 2.75) is 59.0 Å². The molecular weight excluding hydrogens is 336 g/mol. The van der Waals surface area contributed by atoms with Crippen molar-refractivity contribution < 1.29 is 9.53 Å². The van der Waals surface area contributed by atoms with Crippen LogP contribution in [0.2, 0.25) is 0 Å². The van der Waals surface area contributed by atoms with E-state index in [-0.39, 0.29) is 18.3 Å². The van der Waals surface area contributed by atoms with Gasteiger partial charge in [0, 0.05) is 6.54 Å². The predicted molar refractivity (Wildman–Crippen MR) is 106 cm³/mol. The Balaban J connectivity index is 0.00000312. The molecule has 1 amide bonds. The zero-order valence-corrected chi connectivity index (χ0v) is 16.7. The molecule has 1 heterocycles. The third-order valence-corrected chi connectivity index (χ3v) is 4.80. The first-order valence-corrected chi connectivity index (χ1v) is 9.23. The summed E-state index contributed by atoms with van der Waals surface area (Å²) in [4.78, 5) is 12.3. The van der Waals surface area contributed by atoms with Crippen LogP contribution in [0.5, 0.6) is 5.75 Å². The van der Waals surface area contributed by atoms with E-state index in [1.54, 1.807) is 0 Å². The van der Waals surface area contributed by atoms with Crippen molar-refractivity contribution in [3.05, 3.63) is 29.3 Å². The van der Waals surface area contributed by atoms with E-state index in [0.29, 0.717) is 11.8 Å². The summed E-state index contributed by atoms with van der Waals surface area (Å²) in [6.45, 7) is 11.1. The van der Waals surface area contributed by atoms with Gasteiger partial charge in [-0.1, -0.05) is 26.0 Å². The van der Waals surface area contributed by atoms with E-state index in [1.807, 2.05) is 13.8 Å². The predicted octanol–water partition coefficient (Wildman–Crippen LogP) is 3.81. The molecule has 0 bridgehead atoms. The smallest absolute Gasteiger partial charge is 0.260 e. The monoisotopic (exact) mass is 368 g/mol. The Labute approximate surface area is 158 Å². The standard InChI is InChI=1S/C20H32N2O2.ClH/c1-14(2)18-8-7-15(3)19(12-18)24-16(4)20(23)22-11-9-17-6-5-10-21-13-17;/h7-8,12,14,16-17,21H,5-6,9-11,13H2,1-4H3,(H,22,23);1H. The van der Waals surface area contributed by atoms with Crippen molar-refractivity contribution in [1.29, 1.82) is 0 Å². The van der Waals surface area contributed by atoms with Crippen molar-refractivity contribution in [3.63, 3.8) is 0 Å². The molecule has 0 saturated carbocycles. The van der Waals surface area contributed by atoms with Gasteiger partial charge in [-0.25, -0.2) is 0 Å². The van der Waals surface area contributed by atoms with Crippen molar-refractivity contribution >= 4 is 18.3 Å². The molecule has 1 fully saturated rings. The molecule has 2 rings (SSSR count). The van der Waals surface area contributed by atoms with E-state index in [4.69, 9.17) is 4.74 Å². The number of hydrogen-bond donors (Lipinski definition) is 2. The Bertz CT molecular complexity index is 542. The normalized spacial score (nSPS) is 18.4. The van der Waals surface area contributed by atoms with Crippen molar-refractivity contribution in [2.75, 3.05) is 19.6 Å². The molecule has 0 spiro atoms. The first-order chi connectivity index (χ1) is 11.5. The van der Waals surface area contributed by atoms with E-state index in [1.165, 1.54) is 18.4 Å². The molecule has 1 aliphatic rings. The number of amides is 1. The zero-order valence-electron chi connectivity index (χ0n) is 15.9. The Morgan fingerprint density at radius 1 is 1.36 bits per heavy atom. The third-order valence-electron chi connectivity index (χ3n) is 4.80. The number of rotatable bonds is 7. The minimum Gasteiger partial charge on any atom is -0.481 e. The van der Waals surface area contributed by atoms with Gasteiger partial charge in [-0.2, -0.15) is 0 Å². The molecule has 1 aromatic carbocycles. The number of benzene rings is 1. The molecule has 2 unspecified atom stereocenters. The number of carbonyl (C=O) groups excluding carboxylic acids is 1. The summed E-state index contributed by atoms with van der Waals surface area (Å²) in [5.74, 6) is 1.90. The van der Waals surface area contributed by atoms with Gasteiger partial charge in [0.1, 0.15) is 5.75 Å². The topological polar surface area (TPSA) is 50.4 Å². The highest BCUT2D eigenvalue weighted by molar-refractivity contribution is 5.85. The Morgan fingerprint density at radius 3 is 2.76 bits per heavy atom. The number of halogens is 1. The molecular formula is C20H33ClN2O2. The van der Waals surface area contributed by atoms with Crippen LogP contribution in [0, 0.1) is 12.8 Å². The number of carbonyl (C=O) groups is 1. The van der Waals surface area contributed by atoms with Crippen LogP contribution in [0.15, 0.2) is 18.2 Å². The SMILES string of the molecule is Cc1ccc(C(C)C)cc1OC(C)C(=O)NCCC1CCCNC1.Cl. The maximum Gasteiger partial charge on any atom is 0.260 e. The van der Waals surface area contributed by atoms with Crippen LogP contribution in [0.4, 0.5) is 0 Å². The van der Waals surface area contributed by atoms with Gasteiger partial charge in [0.2, 0.25) is 0 Å². The second-order valence-electron chi connectivity index (χ2n) is 7.23. The van der Waals surface area contributed by atoms with E-state index < -0.39 is 6.10 Å².